The zero-order chi connectivity index (χ0) is 63.0. The highest BCUT2D eigenvalue weighted by Crippen LogP contribution is 2.43. The van der Waals surface area contributed by atoms with Crippen molar-refractivity contribution in [3.8, 4) is 0 Å². The van der Waals surface area contributed by atoms with Crippen LogP contribution in [0, 0.1) is 0 Å². The van der Waals surface area contributed by atoms with Gasteiger partial charge in [0.25, 0.3) is 0 Å². The summed E-state index contributed by atoms with van der Waals surface area (Å²) in [5, 5.41) is 0. The second-order valence-electron chi connectivity index (χ2n) is 26.2. The van der Waals surface area contributed by atoms with E-state index in [1.54, 1.807) is 0 Å². The van der Waals surface area contributed by atoms with E-state index >= 15 is 0 Å². The number of esters is 2. The number of carbonyl (C=O) groups excluding carboxylic acids is 2. The molecule has 0 aromatic rings. The Labute approximate surface area is 541 Å². The molecule has 0 aliphatic rings. The molecule has 0 rings (SSSR count). The first kappa shape index (κ1) is 85.2. The Bertz CT molecular complexity index is 1520. The fourth-order valence-electron chi connectivity index (χ4n) is 11.8. The van der Waals surface area contributed by atoms with Crippen LogP contribution >= 0.6 is 7.82 Å². The Kier molecular flexibility index (Phi) is 71.8. The normalized spacial score (nSPS) is 13.0. The van der Waals surface area contributed by atoms with Gasteiger partial charge in [-0.15, -0.1) is 0 Å². The average Bonchev–Trinajstić information content (AvgIpc) is 3.62. The van der Waals surface area contributed by atoms with Gasteiger partial charge in [-0.1, -0.05) is 365 Å². The maximum atomic E-state index is 12.8. The molecule has 0 saturated carbocycles. The number of hydrogen-bond donors (Lipinski definition) is 2. The minimum absolute atomic E-state index is 0.0559. The number of nitrogens with two attached hydrogens (primary N) is 1. The lowest BCUT2D eigenvalue weighted by Crippen LogP contribution is -2.29. The van der Waals surface area contributed by atoms with E-state index < -0.39 is 26.5 Å². The Hall–Kier alpha value is -1.77. The Morgan fingerprint density at radius 2 is 0.598 bits per heavy atom. The first-order valence-electron chi connectivity index (χ1n) is 38.5. The van der Waals surface area contributed by atoms with Gasteiger partial charge >= 0.3 is 19.8 Å². The van der Waals surface area contributed by atoms with Crippen molar-refractivity contribution in [2.24, 2.45) is 5.73 Å². The van der Waals surface area contributed by atoms with Crippen molar-refractivity contribution in [2.75, 3.05) is 26.4 Å². The molecular formula is C77H148NO8P. The summed E-state index contributed by atoms with van der Waals surface area (Å²) in [5.41, 5.74) is 5.41. The van der Waals surface area contributed by atoms with Gasteiger partial charge in [0.15, 0.2) is 6.10 Å². The summed E-state index contributed by atoms with van der Waals surface area (Å²) in [5.74, 6) is -0.804. The zero-order valence-corrected chi connectivity index (χ0v) is 58.9. The van der Waals surface area contributed by atoms with E-state index in [-0.39, 0.29) is 38.6 Å². The summed E-state index contributed by atoms with van der Waals surface area (Å²) >= 11 is 0. The van der Waals surface area contributed by atoms with Crippen molar-refractivity contribution in [1.82, 2.24) is 0 Å². The molecule has 0 heterocycles. The number of allylic oxidation sites excluding steroid dienone is 6. The molecule has 0 aliphatic carbocycles. The molecular weight excluding hydrogens is 1100 g/mol. The molecule has 0 spiro atoms. The lowest BCUT2D eigenvalue weighted by Gasteiger charge is -2.19. The Balaban J connectivity index is 3.75. The van der Waals surface area contributed by atoms with Gasteiger partial charge in [-0.2, -0.15) is 0 Å². The van der Waals surface area contributed by atoms with E-state index in [4.69, 9.17) is 24.3 Å². The molecule has 10 heteroatoms. The maximum Gasteiger partial charge on any atom is 0.472 e. The summed E-state index contributed by atoms with van der Waals surface area (Å²) in [6, 6.07) is 0. The molecule has 3 N–H and O–H groups in total. The van der Waals surface area contributed by atoms with Crippen LogP contribution in [-0.2, 0) is 32.7 Å². The van der Waals surface area contributed by atoms with Crippen molar-refractivity contribution in [3.05, 3.63) is 36.5 Å². The number of phosphoric acid groups is 1. The van der Waals surface area contributed by atoms with Crippen LogP contribution in [0.3, 0.4) is 0 Å². The summed E-state index contributed by atoms with van der Waals surface area (Å²) in [4.78, 5) is 35.4. The number of ether oxygens (including phenoxy) is 2. The van der Waals surface area contributed by atoms with E-state index in [2.05, 4.69) is 50.3 Å². The van der Waals surface area contributed by atoms with Crippen LogP contribution in [0.4, 0.5) is 0 Å². The van der Waals surface area contributed by atoms with Crippen LogP contribution in [0.25, 0.3) is 0 Å². The SMILES string of the molecule is CCCCCCC/C=C\C/C=C\CCCCCCCCCCCCCCCCCC(=O)OC(COC(=O)CCCCCCCCCCCCCCCCCCCCCCCCCCCCC/C=C\CCCCCCCCCC)COP(=O)(O)OCCN. The predicted molar refractivity (Wildman–Crippen MR) is 377 cm³/mol. The van der Waals surface area contributed by atoms with Gasteiger partial charge in [0.1, 0.15) is 6.61 Å². The lowest BCUT2D eigenvalue weighted by atomic mass is 10.0. The van der Waals surface area contributed by atoms with Crippen LogP contribution in [0.1, 0.15) is 412 Å². The Morgan fingerprint density at radius 3 is 0.885 bits per heavy atom. The standard InChI is InChI=1S/C77H148NO8P/c1-3-5-7-9-11-13-15-17-19-21-23-25-27-29-31-32-33-34-35-36-37-38-39-40-41-42-44-45-47-49-51-53-55-57-59-61-63-65-67-69-76(79)83-73-75(74-85-87(81,82)84-72-71-78)86-77(80)70-68-66-64-62-60-58-56-54-52-50-48-46-43-30-28-26-24-22-20-18-16-14-12-10-8-6-4-2/h16,18,21-24,75H,3-15,17,19-20,25-74,78H2,1-2H3,(H,81,82)/b18-16-,23-21-,24-22-. The van der Waals surface area contributed by atoms with Crippen molar-refractivity contribution < 1.29 is 37.6 Å². The molecule has 2 atom stereocenters. The number of rotatable bonds is 74. The number of phosphoric ester groups is 1. The van der Waals surface area contributed by atoms with Crippen LogP contribution in [-0.4, -0.2) is 49.3 Å². The molecule has 0 amide bonds. The van der Waals surface area contributed by atoms with Gasteiger partial charge in [-0.3, -0.25) is 18.6 Å². The fourth-order valence-corrected chi connectivity index (χ4v) is 12.6. The highest BCUT2D eigenvalue weighted by molar-refractivity contribution is 7.47. The van der Waals surface area contributed by atoms with Crippen molar-refractivity contribution in [3.63, 3.8) is 0 Å². The quantitative estimate of drug-likeness (QED) is 0.0264. The van der Waals surface area contributed by atoms with Gasteiger partial charge in [0.2, 0.25) is 0 Å². The highest BCUT2D eigenvalue weighted by Gasteiger charge is 2.26. The molecule has 0 radical (unpaired) electrons. The Morgan fingerprint density at radius 1 is 0.345 bits per heavy atom. The first-order valence-corrected chi connectivity index (χ1v) is 40.0. The smallest absolute Gasteiger partial charge is 0.462 e. The number of carbonyl (C=O) groups is 2. The molecule has 0 fully saturated rings. The third-order valence-corrected chi connectivity index (χ3v) is 18.5. The lowest BCUT2D eigenvalue weighted by molar-refractivity contribution is -0.161. The predicted octanol–water partition coefficient (Wildman–Crippen LogP) is 25.4. The number of hydrogen-bond acceptors (Lipinski definition) is 8. The fraction of sp³-hybridized carbons (Fsp3) is 0.896. The molecule has 0 aliphatic heterocycles. The topological polar surface area (TPSA) is 134 Å². The van der Waals surface area contributed by atoms with Crippen molar-refractivity contribution in [1.29, 1.82) is 0 Å². The van der Waals surface area contributed by atoms with Crippen LogP contribution in [0.5, 0.6) is 0 Å². The van der Waals surface area contributed by atoms with Gasteiger partial charge in [-0.05, 0) is 70.6 Å². The van der Waals surface area contributed by atoms with Gasteiger partial charge in [0.05, 0.1) is 13.2 Å². The summed E-state index contributed by atoms with van der Waals surface area (Å²) < 4.78 is 33.2. The van der Waals surface area contributed by atoms with Crippen LogP contribution in [0.2, 0.25) is 0 Å². The van der Waals surface area contributed by atoms with E-state index in [1.165, 1.54) is 340 Å². The summed E-state index contributed by atoms with van der Waals surface area (Å²) in [6.07, 6.45) is 92.8. The van der Waals surface area contributed by atoms with Gasteiger partial charge < -0.3 is 20.1 Å². The number of unbranched alkanes of at least 4 members (excludes halogenated alkanes) is 55. The first-order chi connectivity index (χ1) is 42.8. The van der Waals surface area contributed by atoms with Crippen LogP contribution in [0.15, 0.2) is 36.5 Å². The van der Waals surface area contributed by atoms with Gasteiger partial charge in [0, 0.05) is 19.4 Å². The largest absolute Gasteiger partial charge is 0.472 e. The summed E-state index contributed by atoms with van der Waals surface area (Å²) in [7, 11) is -4.39. The van der Waals surface area contributed by atoms with Crippen molar-refractivity contribution in [2.45, 2.75) is 418 Å². The highest BCUT2D eigenvalue weighted by atomic mass is 31.2. The van der Waals surface area contributed by atoms with Crippen molar-refractivity contribution >= 4 is 19.8 Å². The zero-order valence-electron chi connectivity index (χ0n) is 58.0. The van der Waals surface area contributed by atoms with Crippen LogP contribution < -0.4 is 5.73 Å². The second kappa shape index (κ2) is 73.3. The van der Waals surface area contributed by atoms with Gasteiger partial charge in [-0.25, -0.2) is 4.57 Å². The monoisotopic (exact) mass is 1250 g/mol. The minimum atomic E-state index is -4.39. The molecule has 0 aromatic heterocycles. The molecule has 514 valence electrons. The summed E-state index contributed by atoms with van der Waals surface area (Å²) in [6.45, 7) is 3.81. The molecule has 87 heavy (non-hydrogen) atoms. The molecule has 0 aromatic carbocycles. The molecule has 2 unspecified atom stereocenters. The molecule has 0 bridgehead atoms. The third-order valence-electron chi connectivity index (χ3n) is 17.5. The maximum absolute atomic E-state index is 12.8. The average molecular weight is 1250 g/mol. The second-order valence-corrected chi connectivity index (χ2v) is 27.7. The third kappa shape index (κ3) is 73.2. The van der Waals surface area contributed by atoms with E-state index in [0.717, 1.165) is 38.5 Å². The molecule has 0 saturated heterocycles. The van der Waals surface area contributed by atoms with E-state index in [1.807, 2.05) is 0 Å². The van der Waals surface area contributed by atoms with E-state index in [9.17, 15) is 19.0 Å². The minimum Gasteiger partial charge on any atom is -0.462 e. The van der Waals surface area contributed by atoms with E-state index in [0.29, 0.717) is 6.42 Å². The molecule has 9 nitrogen and oxygen atoms in total.